The van der Waals surface area contributed by atoms with E-state index in [1.807, 2.05) is 6.07 Å². The number of nitrogens with two attached hydrogens (primary N) is 1. The van der Waals surface area contributed by atoms with Crippen LogP contribution in [0.5, 0.6) is 0 Å². The van der Waals surface area contributed by atoms with Gasteiger partial charge in [0.2, 0.25) is 0 Å². The summed E-state index contributed by atoms with van der Waals surface area (Å²) in [7, 11) is 0. The van der Waals surface area contributed by atoms with Gasteiger partial charge < -0.3 is 11.1 Å². The van der Waals surface area contributed by atoms with Crippen LogP contribution >= 0.6 is 15.9 Å². The summed E-state index contributed by atoms with van der Waals surface area (Å²) >= 11 is 3.36. The molecule has 0 spiro atoms. The molecule has 3 nitrogen and oxygen atoms in total. The van der Waals surface area contributed by atoms with Gasteiger partial charge in [0.1, 0.15) is 0 Å². The maximum Gasteiger partial charge on any atom is 0.253 e. The van der Waals surface area contributed by atoms with Crippen LogP contribution in [0.1, 0.15) is 43.0 Å². The van der Waals surface area contributed by atoms with Gasteiger partial charge in [-0.15, -0.1) is 0 Å². The Morgan fingerprint density at radius 3 is 2.78 bits per heavy atom. The molecule has 3 N–H and O–H groups in total. The molecule has 1 aromatic carbocycles. The van der Waals surface area contributed by atoms with Crippen LogP contribution in [0.25, 0.3) is 0 Å². The van der Waals surface area contributed by atoms with Crippen LogP contribution in [-0.2, 0) is 0 Å². The Balaban J connectivity index is 2.04. The van der Waals surface area contributed by atoms with E-state index in [0.717, 1.165) is 4.47 Å². The first-order valence-electron chi connectivity index (χ1n) is 6.44. The molecule has 1 unspecified atom stereocenters. The van der Waals surface area contributed by atoms with E-state index in [0.29, 0.717) is 17.2 Å². The van der Waals surface area contributed by atoms with E-state index in [-0.39, 0.29) is 11.9 Å². The summed E-state index contributed by atoms with van der Waals surface area (Å²) in [6.07, 6.45) is 5.00. The number of carbonyl (C=O) groups excluding carboxylic acids is 1. The molecular weight excluding hydrogens is 292 g/mol. The topological polar surface area (TPSA) is 55.1 Å². The number of benzene rings is 1. The summed E-state index contributed by atoms with van der Waals surface area (Å²) in [5, 5.41) is 3.07. The molecule has 0 saturated heterocycles. The van der Waals surface area contributed by atoms with Crippen molar-refractivity contribution < 1.29 is 4.79 Å². The lowest BCUT2D eigenvalue weighted by Gasteiger charge is -2.20. The summed E-state index contributed by atoms with van der Waals surface area (Å²) in [4.78, 5) is 12.2. The van der Waals surface area contributed by atoms with Crippen molar-refractivity contribution in [2.75, 3.05) is 5.73 Å². The molecule has 4 heteroatoms. The van der Waals surface area contributed by atoms with E-state index in [4.69, 9.17) is 5.73 Å². The highest BCUT2D eigenvalue weighted by Crippen LogP contribution is 2.28. The molecule has 1 fully saturated rings. The number of nitrogens with one attached hydrogen (secondary N) is 1. The van der Waals surface area contributed by atoms with Crippen molar-refractivity contribution in [3.05, 3.63) is 28.2 Å². The summed E-state index contributed by atoms with van der Waals surface area (Å²) in [5.41, 5.74) is 6.91. The normalized spacial score (nSPS) is 17.7. The molecule has 18 heavy (non-hydrogen) atoms. The van der Waals surface area contributed by atoms with Crippen LogP contribution in [0, 0.1) is 5.92 Å². The molecule has 1 atom stereocenters. The Morgan fingerprint density at radius 2 is 2.11 bits per heavy atom. The summed E-state index contributed by atoms with van der Waals surface area (Å²) in [6, 6.07) is 5.58. The summed E-state index contributed by atoms with van der Waals surface area (Å²) < 4.78 is 0.871. The number of nitrogen functional groups attached to an aromatic ring is 1. The second-order valence-electron chi connectivity index (χ2n) is 5.04. The second-order valence-corrected chi connectivity index (χ2v) is 5.95. The Kier molecular flexibility index (Phi) is 4.27. The average Bonchev–Trinajstić information content (AvgIpc) is 2.85. The minimum Gasteiger partial charge on any atom is -0.398 e. The predicted molar refractivity (Wildman–Crippen MR) is 77.4 cm³/mol. The number of rotatable bonds is 3. The third-order valence-electron chi connectivity index (χ3n) is 3.73. The molecule has 1 saturated carbocycles. The zero-order valence-electron chi connectivity index (χ0n) is 10.6. The first kappa shape index (κ1) is 13.4. The van der Waals surface area contributed by atoms with Gasteiger partial charge in [0.25, 0.3) is 5.91 Å². The lowest BCUT2D eigenvalue weighted by atomic mass is 9.99. The maximum atomic E-state index is 12.2. The highest BCUT2D eigenvalue weighted by molar-refractivity contribution is 9.10. The van der Waals surface area contributed by atoms with E-state index in [1.54, 1.807) is 12.1 Å². The van der Waals surface area contributed by atoms with E-state index in [9.17, 15) is 4.79 Å². The number of hydrogen-bond acceptors (Lipinski definition) is 2. The first-order valence-corrected chi connectivity index (χ1v) is 7.23. The van der Waals surface area contributed by atoms with Crippen LogP contribution in [0.15, 0.2) is 22.7 Å². The average molecular weight is 311 g/mol. The first-order chi connectivity index (χ1) is 8.58. The van der Waals surface area contributed by atoms with Crippen molar-refractivity contribution in [1.82, 2.24) is 5.32 Å². The van der Waals surface area contributed by atoms with Crippen molar-refractivity contribution in [2.45, 2.75) is 38.6 Å². The monoisotopic (exact) mass is 310 g/mol. The number of amides is 1. The molecule has 1 aromatic rings. The quantitative estimate of drug-likeness (QED) is 0.841. The second kappa shape index (κ2) is 5.74. The largest absolute Gasteiger partial charge is 0.398 e. The fourth-order valence-corrected chi connectivity index (χ4v) is 2.95. The molecule has 1 aliphatic rings. The van der Waals surface area contributed by atoms with E-state index >= 15 is 0 Å². The summed E-state index contributed by atoms with van der Waals surface area (Å²) in [5.74, 6) is 0.538. The Labute approximate surface area is 116 Å². The van der Waals surface area contributed by atoms with Crippen LogP contribution in [-0.4, -0.2) is 11.9 Å². The lowest BCUT2D eigenvalue weighted by Crippen LogP contribution is -2.37. The van der Waals surface area contributed by atoms with Gasteiger partial charge in [0.15, 0.2) is 0 Å². The predicted octanol–water partition coefficient (Wildman–Crippen LogP) is 3.34. The third kappa shape index (κ3) is 3.05. The van der Waals surface area contributed by atoms with Crippen molar-refractivity contribution in [3.63, 3.8) is 0 Å². The number of hydrogen-bond donors (Lipinski definition) is 2. The molecular formula is C14H19BrN2O. The minimum atomic E-state index is -0.0757. The van der Waals surface area contributed by atoms with Crippen LogP contribution in [0.4, 0.5) is 5.69 Å². The Morgan fingerprint density at radius 1 is 1.44 bits per heavy atom. The van der Waals surface area contributed by atoms with Crippen LogP contribution < -0.4 is 11.1 Å². The van der Waals surface area contributed by atoms with Crippen LogP contribution in [0.2, 0.25) is 0 Å². The maximum absolute atomic E-state index is 12.2. The number of anilines is 1. The van der Waals surface area contributed by atoms with Crippen molar-refractivity contribution >= 4 is 27.5 Å². The van der Waals surface area contributed by atoms with E-state index < -0.39 is 0 Å². The van der Waals surface area contributed by atoms with E-state index in [1.165, 1.54) is 25.7 Å². The number of carbonyl (C=O) groups is 1. The zero-order chi connectivity index (χ0) is 13.1. The van der Waals surface area contributed by atoms with Crippen molar-refractivity contribution in [1.29, 1.82) is 0 Å². The Hall–Kier alpha value is -1.03. The standard InChI is InChI=1S/C14H19BrN2O/c1-9(10-4-2-3-5-10)17-14(18)12-8-11(15)6-7-13(12)16/h6-10H,2-5,16H2,1H3,(H,17,18). The molecule has 2 rings (SSSR count). The molecule has 0 radical (unpaired) electrons. The molecule has 0 heterocycles. The minimum absolute atomic E-state index is 0.0757. The van der Waals surface area contributed by atoms with Gasteiger partial charge in [-0.25, -0.2) is 0 Å². The SMILES string of the molecule is CC(NC(=O)c1cc(Br)ccc1N)C1CCCC1. The fraction of sp³-hybridized carbons (Fsp3) is 0.500. The van der Waals surface area contributed by atoms with Crippen molar-refractivity contribution in [3.8, 4) is 0 Å². The van der Waals surface area contributed by atoms with Crippen molar-refractivity contribution in [2.24, 2.45) is 5.92 Å². The lowest BCUT2D eigenvalue weighted by molar-refractivity contribution is 0.0928. The highest BCUT2D eigenvalue weighted by atomic mass is 79.9. The molecule has 98 valence electrons. The van der Waals surface area contributed by atoms with Gasteiger partial charge in [-0.05, 0) is 43.9 Å². The fourth-order valence-electron chi connectivity index (χ4n) is 2.58. The molecule has 0 aliphatic heterocycles. The molecule has 0 bridgehead atoms. The van der Waals surface area contributed by atoms with Gasteiger partial charge >= 0.3 is 0 Å². The van der Waals surface area contributed by atoms with Gasteiger partial charge in [-0.2, -0.15) is 0 Å². The van der Waals surface area contributed by atoms with Gasteiger partial charge in [0, 0.05) is 16.2 Å². The molecule has 0 aromatic heterocycles. The van der Waals surface area contributed by atoms with E-state index in [2.05, 4.69) is 28.2 Å². The smallest absolute Gasteiger partial charge is 0.253 e. The van der Waals surface area contributed by atoms with Gasteiger partial charge in [-0.3, -0.25) is 4.79 Å². The number of halogens is 1. The van der Waals surface area contributed by atoms with Gasteiger partial charge in [0.05, 0.1) is 5.56 Å². The molecule has 1 aliphatic carbocycles. The summed E-state index contributed by atoms with van der Waals surface area (Å²) in [6.45, 7) is 2.09. The molecule has 1 amide bonds. The highest BCUT2D eigenvalue weighted by Gasteiger charge is 2.23. The van der Waals surface area contributed by atoms with Gasteiger partial charge in [-0.1, -0.05) is 28.8 Å². The zero-order valence-corrected chi connectivity index (χ0v) is 12.2. The third-order valence-corrected chi connectivity index (χ3v) is 4.22. The Bertz CT molecular complexity index is 441. The van der Waals surface area contributed by atoms with Crippen LogP contribution in [0.3, 0.4) is 0 Å².